The first kappa shape index (κ1) is 31.1. The van der Waals surface area contributed by atoms with Gasteiger partial charge in [0.25, 0.3) is 0 Å². The molecule has 2 unspecified atom stereocenters. The molecule has 3 aliphatic rings. The molecule has 51 heavy (non-hydrogen) atoms. The van der Waals surface area contributed by atoms with Crippen molar-refractivity contribution in [3.05, 3.63) is 192 Å². The van der Waals surface area contributed by atoms with E-state index in [0.717, 1.165) is 52.3 Å². The molecule has 2 heterocycles. The zero-order valence-electron chi connectivity index (χ0n) is 29.0. The topological polar surface area (TPSA) is 38.7 Å². The molecule has 0 N–H and O–H groups in total. The fourth-order valence-corrected chi connectivity index (χ4v) is 8.14. The molecule has 0 amide bonds. The van der Waals surface area contributed by atoms with Crippen molar-refractivity contribution in [3.8, 4) is 44.9 Å². The highest BCUT2D eigenvalue weighted by atomic mass is 14.9. The Morgan fingerprint density at radius 3 is 2.16 bits per heavy atom. The van der Waals surface area contributed by atoms with Gasteiger partial charge in [-0.25, -0.2) is 9.97 Å². The molecule has 0 aliphatic heterocycles. The molecule has 3 nitrogen and oxygen atoms in total. The molecule has 3 aliphatic carbocycles. The number of hydrogen-bond acceptors (Lipinski definition) is 3. The van der Waals surface area contributed by atoms with Crippen molar-refractivity contribution >= 4 is 5.57 Å². The summed E-state index contributed by atoms with van der Waals surface area (Å²) in [5.41, 5.74) is 15.8. The van der Waals surface area contributed by atoms with Crippen molar-refractivity contribution in [1.82, 2.24) is 15.0 Å². The first-order valence-corrected chi connectivity index (χ1v) is 18.0. The van der Waals surface area contributed by atoms with Gasteiger partial charge in [-0.3, -0.25) is 4.98 Å². The molecule has 3 heteroatoms. The van der Waals surface area contributed by atoms with Crippen LogP contribution in [0, 0.1) is 5.92 Å². The van der Waals surface area contributed by atoms with Crippen molar-refractivity contribution < 1.29 is 0 Å². The predicted molar refractivity (Wildman–Crippen MR) is 210 cm³/mol. The first-order valence-electron chi connectivity index (χ1n) is 18.0. The maximum absolute atomic E-state index is 5.21. The number of nitrogens with zero attached hydrogens (tertiary/aromatic N) is 3. The lowest BCUT2D eigenvalue weighted by molar-refractivity contribution is 0.660. The van der Waals surface area contributed by atoms with Crippen LogP contribution in [0.2, 0.25) is 0 Å². The van der Waals surface area contributed by atoms with Crippen LogP contribution in [0.3, 0.4) is 0 Å². The zero-order valence-corrected chi connectivity index (χ0v) is 29.0. The normalized spacial score (nSPS) is 18.5. The molecule has 0 fully saturated rings. The summed E-state index contributed by atoms with van der Waals surface area (Å²) in [7, 11) is 0. The van der Waals surface area contributed by atoms with E-state index >= 15 is 0 Å². The highest BCUT2D eigenvalue weighted by Gasteiger charge is 2.36. The van der Waals surface area contributed by atoms with E-state index < -0.39 is 0 Å². The average molecular weight is 658 g/mol. The summed E-state index contributed by atoms with van der Waals surface area (Å²) in [6, 6.07) is 41.0. The average Bonchev–Trinajstić information content (AvgIpc) is 3.44. The van der Waals surface area contributed by atoms with E-state index in [1.165, 1.54) is 39.0 Å². The maximum Gasteiger partial charge on any atom is 0.160 e. The predicted octanol–water partition coefficient (Wildman–Crippen LogP) is 11.8. The van der Waals surface area contributed by atoms with E-state index in [0.29, 0.717) is 5.92 Å². The van der Waals surface area contributed by atoms with E-state index in [-0.39, 0.29) is 11.3 Å². The van der Waals surface area contributed by atoms with Gasteiger partial charge in [0.2, 0.25) is 0 Å². The van der Waals surface area contributed by atoms with Gasteiger partial charge in [0.05, 0.1) is 11.4 Å². The number of fused-ring (bicyclic) bond motifs is 3. The molecule has 6 aromatic rings. The molecule has 0 saturated carbocycles. The van der Waals surface area contributed by atoms with E-state index in [1.807, 2.05) is 18.3 Å². The van der Waals surface area contributed by atoms with E-state index in [2.05, 4.69) is 158 Å². The second kappa shape index (κ2) is 12.8. The summed E-state index contributed by atoms with van der Waals surface area (Å²) in [5.74, 6) is 1.20. The Kier molecular flexibility index (Phi) is 7.77. The van der Waals surface area contributed by atoms with E-state index in [4.69, 9.17) is 9.97 Å². The van der Waals surface area contributed by atoms with Gasteiger partial charge in [0.1, 0.15) is 0 Å². The molecule has 2 aromatic heterocycles. The molecule has 0 spiro atoms. The third-order valence-corrected chi connectivity index (χ3v) is 10.8. The second-order valence-corrected chi connectivity index (χ2v) is 14.4. The molecule has 0 bridgehead atoms. The van der Waals surface area contributed by atoms with Crippen LogP contribution in [0.1, 0.15) is 55.0 Å². The van der Waals surface area contributed by atoms with Crippen LogP contribution in [0.4, 0.5) is 0 Å². The molecular formula is C48H39N3. The minimum absolute atomic E-state index is 0.0153. The van der Waals surface area contributed by atoms with Crippen molar-refractivity contribution in [2.45, 2.75) is 38.0 Å². The summed E-state index contributed by atoms with van der Waals surface area (Å²) in [4.78, 5) is 14.6. The standard InChI is InChI=1S/C48H39N3/c1-48(2)42-21-7-6-19-41(42)46-40(20-10-22-43(46)48)37-16-8-14-35(28-37)36-15-9-17-38(29-36)45-30-44(50-47(51-45)34-12-4-3-5-13-34)33-25-23-32(24-26-33)39-18-11-27-49-31-39/h3-13,15-16,18-31,35,38H,14,17H2,1-2H3. The Balaban J connectivity index is 1.07. The fraction of sp³-hybridized carbons (Fsp3) is 0.146. The summed E-state index contributed by atoms with van der Waals surface area (Å²) >= 11 is 0. The molecule has 2 atom stereocenters. The smallest absolute Gasteiger partial charge is 0.160 e. The summed E-state index contributed by atoms with van der Waals surface area (Å²) < 4.78 is 0. The third-order valence-electron chi connectivity index (χ3n) is 10.8. The molecular weight excluding hydrogens is 619 g/mol. The number of rotatable bonds is 6. The number of benzene rings is 4. The third kappa shape index (κ3) is 5.69. The summed E-state index contributed by atoms with van der Waals surface area (Å²) in [5, 5.41) is 0. The van der Waals surface area contributed by atoms with Gasteiger partial charge < -0.3 is 0 Å². The summed E-state index contributed by atoms with van der Waals surface area (Å²) in [6.45, 7) is 4.71. The Morgan fingerprint density at radius 2 is 1.31 bits per heavy atom. The van der Waals surface area contributed by atoms with Gasteiger partial charge in [0, 0.05) is 40.8 Å². The van der Waals surface area contributed by atoms with Gasteiger partial charge in [-0.15, -0.1) is 0 Å². The van der Waals surface area contributed by atoms with Crippen molar-refractivity contribution in [3.63, 3.8) is 0 Å². The lowest BCUT2D eigenvalue weighted by atomic mass is 9.80. The van der Waals surface area contributed by atoms with Crippen LogP contribution in [0.25, 0.3) is 50.5 Å². The van der Waals surface area contributed by atoms with Crippen molar-refractivity contribution in [2.75, 3.05) is 0 Å². The molecule has 0 radical (unpaired) electrons. The first-order chi connectivity index (χ1) is 25.0. The van der Waals surface area contributed by atoms with Gasteiger partial charge in [-0.2, -0.15) is 0 Å². The number of aromatic nitrogens is 3. The molecule has 4 aromatic carbocycles. The minimum Gasteiger partial charge on any atom is -0.264 e. The van der Waals surface area contributed by atoms with Gasteiger partial charge >= 0.3 is 0 Å². The van der Waals surface area contributed by atoms with Crippen LogP contribution in [-0.2, 0) is 5.41 Å². The Hall–Kier alpha value is -5.93. The van der Waals surface area contributed by atoms with Crippen LogP contribution in [0.5, 0.6) is 0 Å². The molecule has 9 rings (SSSR count). The Labute approximate surface area is 300 Å². The highest BCUT2D eigenvalue weighted by Crippen LogP contribution is 2.51. The highest BCUT2D eigenvalue weighted by molar-refractivity contribution is 5.93. The van der Waals surface area contributed by atoms with Crippen LogP contribution in [-0.4, -0.2) is 15.0 Å². The van der Waals surface area contributed by atoms with Gasteiger partial charge in [0.15, 0.2) is 5.82 Å². The zero-order chi connectivity index (χ0) is 34.4. The lowest BCUT2D eigenvalue weighted by Crippen LogP contribution is -2.14. The maximum atomic E-state index is 5.21. The number of hydrogen-bond donors (Lipinski definition) is 0. The summed E-state index contributed by atoms with van der Waals surface area (Å²) in [6.07, 6.45) is 19.9. The van der Waals surface area contributed by atoms with Crippen LogP contribution in [0.15, 0.2) is 170 Å². The fourth-order valence-electron chi connectivity index (χ4n) is 8.14. The number of pyridine rings is 1. The Morgan fingerprint density at radius 1 is 0.588 bits per heavy atom. The van der Waals surface area contributed by atoms with Crippen molar-refractivity contribution in [1.29, 1.82) is 0 Å². The van der Waals surface area contributed by atoms with Crippen molar-refractivity contribution in [2.24, 2.45) is 5.92 Å². The van der Waals surface area contributed by atoms with Gasteiger partial charge in [-0.05, 0) is 75.1 Å². The lowest BCUT2D eigenvalue weighted by Gasteiger charge is -2.25. The SMILES string of the molecule is CC1(C)c2ccccc2-c2c(C3=CC(C4=CC(c5cc(-c6ccc(-c7cccnc7)cc6)nc(-c6ccccc6)n5)CC=C4)CC=C3)cccc21. The van der Waals surface area contributed by atoms with E-state index in [1.54, 1.807) is 6.20 Å². The monoisotopic (exact) mass is 657 g/mol. The molecule has 246 valence electrons. The Bertz CT molecular complexity index is 2380. The van der Waals surface area contributed by atoms with E-state index in [9.17, 15) is 0 Å². The van der Waals surface area contributed by atoms with Crippen LogP contribution < -0.4 is 0 Å². The van der Waals surface area contributed by atoms with Crippen LogP contribution >= 0.6 is 0 Å². The molecule has 0 saturated heterocycles. The second-order valence-electron chi connectivity index (χ2n) is 14.4. The minimum atomic E-state index is -0.0153. The van der Waals surface area contributed by atoms with Gasteiger partial charge in [-0.1, -0.05) is 153 Å². The largest absolute Gasteiger partial charge is 0.264 e. The number of allylic oxidation sites excluding steroid dienone is 8. The quantitative estimate of drug-likeness (QED) is 0.179.